The Kier molecular flexibility index (Phi) is 3.27. The minimum atomic E-state index is -0.743. The molecule has 2 N–H and O–H groups in total. The van der Waals surface area contributed by atoms with E-state index in [4.69, 9.17) is 4.74 Å². The topological polar surface area (TPSA) is 80.2 Å². The van der Waals surface area contributed by atoms with Crippen molar-refractivity contribution in [3.63, 3.8) is 0 Å². The second-order valence-corrected chi connectivity index (χ2v) is 4.81. The normalized spacial score (nSPS) is 18.4. The van der Waals surface area contributed by atoms with Gasteiger partial charge in [-0.2, -0.15) is 0 Å². The number of nitrogens with one attached hydrogen (secondary N) is 1. The molecule has 0 saturated carbocycles. The largest absolute Gasteiger partial charge is 0.388 e. The highest BCUT2D eigenvalue weighted by atomic mass is 16.5. The van der Waals surface area contributed by atoms with E-state index in [0.29, 0.717) is 38.5 Å². The molecule has 1 aromatic carbocycles. The van der Waals surface area contributed by atoms with Crippen LogP contribution in [0, 0.1) is 0 Å². The highest BCUT2D eigenvalue weighted by molar-refractivity contribution is 5.73. The third-order valence-corrected chi connectivity index (χ3v) is 3.36. The van der Waals surface area contributed by atoms with Gasteiger partial charge in [0.05, 0.1) is 11.1 Å². The number of para-hydroxylation sites is 1. The molecular weight excluding hydrogens is 244 g/mol. The Balaban J connectivity index is 1.71. The van der Waals surface area contributed by atoms with Crippen molar-refractivity contribution >= 4 is 17.0 Å². The predicted molar refractivity (Wildman–Crippen MR) is 70.8 cm³/mol. The molecule has 3 rings (SSSR count). The number of hydrogen-bond donors (Lipinski definition) is 2. The molecule has 0 atom stereocenters. The number of aromatic nitrogens is 3. The van der Waals surface area contributed by atoms with E-state index in [2.05, 4.69) is 20.5 Å². The van der Waals surface area contributed by atoms with Crippen molar-refractivity contribution in [2.24, 2.45) is 0 Å². The van der Waals surface area contributed by atoms with E-state index in [0.717, 1.165) is 11.0 Å². The second kappa shape index (κ2) is 5.07. The van der Waals surface area contributed by atoms with Crippen LogP contribution in [0.3, 0.4) is 0 Å². The van der Waals surface area contributed by atoms with Crippen LogP contribution in [0.4, 0.5) is 5.95 Å². The van der Waals surface area contributed by atoms with Gasteiger partial charge in [0.15, 0.2) is 0 Å². The van der Waals surface area contributed by atoms with Gasteiger partial charge in [0.25, 0.3) is 0 Å². The molecule has 0 spiro atoms. The van der Waals surface area contributed by atoms with Crippen molar-refractivity contribution in [1.82, 2.24) is 15.2 Å². The average molecular weight is 260 g/mol. The molecule has 6 nitrogen and oxygen atoms in total. The van der Waals surface area contributed by atoms with Gasteiger partial charge in [-0.05, 0) is 12.1 Å². The molecule has 19 heavy (non-hydrogen) atoms. The molecule has 0 aliphatic carbocycles. The van der Waals surface area contributed by atoms with Gasteiger partial charge in [0, 0.05) is 32.6 Å². The van der Waals surface area contributed by atoms with E-state index in [1.54, 1.807) is 0 Å². The lowest BCUT2D eigenvalue weighted by molar-refractivity contribution is -0.0544. The zero-order valence-corrected chi connectivity index (χ0v) is 10.5. The van der Waals surface area contributed by atoms with Crippen molar-refractivity contribution in [2.75, 3.05) is 25.1 Å². The molecule has 0 unspecified atom stereocenters. The Morgan fingerprint density at radius 1 is 1.16 bits per heavy atom. The Morgan fingerprint density at radius 3 is 2.68 bits per heavy atom. The summed E-state index contributed by atoms with van der Waals surface area (Å²) in [6.07, 6.45) is 1.25. The van der Waals surface area contributed by atoms with Crippen molar-refractivity contribution in [1.29, 1.82) is 0 Å². The minimum Gasteiger partial charge on any atom is -0.388 e. The summed E-state index contributed by atoms with van der Waals surface area (Å²) < 4.78 is 5.24. The summed E-state index contributed by atoms with van der Waals surface area (Å²) >= 11 is 0. The maximum atomic E-state index is 10.3. The maximum Gasteiger partial charge on any atom is 0.243 e. The molecule has 1 aromatic heterocycles. The Hall–Kier alpha value is -1.79. The SMILES string of the molecule is OC1(CNc2nnc3ccccc3n2)CCOCC1. The predicted octanol–water partition coefficient (Wildman–Crippen LogP) is 0.978. The summed E-state index contributed by atoms with van der Waals surface area (Å²) in [4.78, 5) is 4.36. The van der Waals surface area contributed by atoms with Gasteiger partial charge >= 0.3 is 0 Å². The molecule has 2 aromatic rings. The van der Waals surface area contributed by atoms with Crippen LogP contribution < -0.4 is 5.32 Å². The van der Waals surface area contributed by atoms with Crippen LogP contribution in [0.1, 0.15) is 12.8 Å². The van der Waals surface area contributed by atoms with Crippen LogP contribution in [0.5, 0.6) is 0 Å². The summed E-state index contributed by atoms with van der Waals surface area (Å²) in [5.74, 6) is 0.443. The standard InChI is InChI=1S/C13H16N4O2/c18-13(5-7-19-8-6-13)9-14-12-15-10-3-1-2-4-11(10)16-17-12/h1-4,18H,5-9H2,(H,14,15,17). The number of anilines is 1. The number of aliphatic hydroxyl groups is 1. The summed E-state index contributed by atoms with van der Waals surface area (Å²) in [6, 6.07) is 7.56. The molecule has 2 heterocycles. The first-order valence-corrected chi connectivity index (χ1v) is 6.39. The summed E-state index contributed by atoms with van der Waals surface area (Å²) in [5.41, 5.74) is 0.810. The summed E-state index contributed by atoms with van der Waals surface area (Å²) in [7, 11) is 0. The molecule has 0 radical (unpaired) electrons. The van der Waals surface area contributed by atoms with E-state index in [1.165, 1.54) is 0 Å². The lowest BCUT2D eigenvalue weighted by Gasteiger charge is -2.31. The van der Waals surface area contributed by atoms with Crippen molar-refractivity contribution in [3.05, 3.63) is 24.3 Å². The fraction of sp³-hybridized carbons (Fsp3) is 0.462. The van der Waals surface area contributed by atoms with Crippen molar-refractivity contribution in [2.45, 2.75) is 18.4 Å². The Morgan fingerprint density at radius 2 is 1.89 bits per heavy atom. The molecule has 1 aliphatic rings. The van der Waals surface area contributed by atoms with Crippen molar-refractivity contribution < 1.29 is 9.84 Å². The summed E-state index contributed by atoms with van der Waals surface area (Å²) in [5, 5.41) is 21.5. The molecule has 1 saturated heterocycles. The van der Waals surface area contributed by atoms with Crippen molar-refractivity contribution in [3.8, 4) is 0 Å². The first-order chi connectivity index (χ1) is 9.25. The van der Waals surface area contributed by atoms with Crippen LogP contribution in [-0.4, -0.2) is 45.6 Å². The van der Waals surface area contributed by atoms with Crippen LogP contribution in [0.25, 0.3) is 11.0 Å². The third-order valence-electron chi connectivity index (χ3n) is 3.36. The van der Waals surface area contributed by atoms with Gasteiger partial charge in [-0.1, -0.05) is 12.1 Å². The quantitative estimate of drug-likeness (QED) is 0.856. The minimum absolute atomic E-state index is 0.413. The number of benzene rings is 1. The van der Waals surface area contributed by atoms with Gasteiger partial charge in [-0.15, -0.1) is 10.2 Å². The number of nitrogens with zero attached hydrogens (tertiary/aromatic N) is 3. The van der Waals surface area contributed by atoms with E-state index in [9.17, 15) is 5.11 Å². The van der Waals surface area contributed by atoms with Gasteiger partial charge in [-0.3, -0.25) is 0 Å². The van der Waals surface area contributed by atoms with E-state index >= 15 is 0 Å². The average Bonchev–Trinajstić information content (AvgIpc) is 2.46. The number of rotatable bonds is 3. The first kappa shape index (κ1) is 12.3. The number of fused-ring (bicyclic) bond motifs is 1. The molecule has 1 fully saturated rings. The zero-order chi connectivity index (χ0) is 13.1. The van der Waals surface area contributed by atoms with E-state index in [-0.39, 0.29) is 0 Å². The van der Waals surface area contributed by atoms with Crippen LogP contribution in [-0.2, 0) is 4.74 Å². The second-order valence-electron chi connectivity index (χ2n) is 4.81. The van der Waals surface area contributed by atoms with E-state index in [1.807, 2.05) is 24.3 Å². The fourth-order valence-electron chi connectivity index (χ4n) is 2.13. The Bertz CT molecular complexity index is 569. The van der Waals surface area contributed by atoms with Gasteiger partial charge < -0.3 is 15.2 Å². The molecule has 100 valence electrons. The molecule has 1 aliphatic heterocycles. The zero-order valence-electron chi connectivity index (χ0n) is 10.5. The lowest BCUT2D eigenvalue weighted by Crippen LogP contribution is -2.42. The molecule has 6 heteroatoms. The number of hydrogen-bond acceptors (Lipinski definition) is 6. The monoisotopic (exact) mass is 260 g/mol. The van der Waals surface area contributed by atoms with Gasteiger partial charge in [-0.25, -0.2) is 4.98 Å². The first-order valence-electron chi connectivity index (χ1n) is 6.39. The third kappa shape index (κ3) is 2.80. The molecular formula is C13H16N4O2. The maximum absolute atomic E-state index is 10.3. The fourth-order valence-corrected chi connectivity index (χ4v) is 2.13. The van der Waals surface area contributed by atoms with Crippen LogP contribution in [0.15, 0.2) is 24.3 Å². The smallest absolute Gasteiger partial charge is 0.243 e. The van der Waals surface area contributed by atoms with E-state index < -0.39 is 5.60 Å². The van der Waals surface area contributed by atoms with Crippen LogP contribution >= 0.6 is 0 Å². The number of ether oxygens (including phenoxy) is 1. The van der Waals surface area contributed by atoms with Gasteiger partial charge in [0.1, 0.15) is 5.52 Å². The van der Waals surface area contributed by atoms with Crippen LogP contribution in [0.2, 0.25) is 0 Å². The molecule has 0 bridgehead atoms. The highest BCUT2D eigenvalue weighted by Crippen LogP contribution is 2.20. The van der Waals surface area contributed by atoms with Gasteiger partial charge in [0.2, 0.25) is 5.95 Å². The Labute approximate surface area is 110 Å². The lowest BCUT2D eigenvalue weighted by atomic mass is 9.94. The molecule has 0 amide bonds. The summed E-state index contributed by atoms with van der Waals surface area (Å²) in [6.45, 7) is 1.60. The highest BCUT2D eigenvalue weighted by Gasteiger charge is 2.29.